The van der Waals surface area contributed by atoms with Crippen LogP contribution in [0.25, 0.3) is 0 Å². The first-order valence-corrected chi connectivity index (χ1v) is 10.6. The lowest BCUT2D eigenvalue weighted by Crippen LogP contribution is -2.24. The lowest BCUT2D eigenvalue weighted by Gasteiger charge is -2.16. The van der Waals surface area contributed by atoms with Gasteiger partial charge in [0.25, 0.3) is 5.91 Å². The first kappa shape index (κ1) is 21.6. The molecule has 9 nitrogen and oxygen atoms in total. The third kappa shape index (κ3) is 4.35. The van der Waals surface area contributed by atoms with Crippen LogP contribution in [0.5, 0.6) is 17.2 Å². The molecule has 1 aromatic heterocycles. The molecule has 2 amide bonds. The third-order valence-corrected chi connectivity index (χ3v) is 6.17. The Labute approximate surface area is 188 Å². The normalized spacial score (nSPS) is 15.5. The molecule has 0 radical (unpaired) electrons. The summed E-state index contributed by atoms with van der Waals surface area (Å²) in [5, 5.41) is 12.1. The fraction of sp³-hybridized carbons (Fsp3) is 0.273. The molecule has 32 heavy (non-hydrogen) atoms. The fourth-order valence-electron chi connectivity index (χ4n) is 3.49. The number of rotatable bonds is 7. The summed E-state index contributed by atoms with van der Waals surface area (Å²) in [6.07, 6.45) is 0.334. The molecule has 0 spiro atoms. The summed E-state index contributed by atoms with van der Waals surface area (Å²) < 4.78 is 15.6. The second kappa shape index (κ2) is 9.23. The van der Waals surface area contributed by atoms with Crippen LogP contribution < -0.4 is 24.4 Å². The van der Waals surface area contributed by atoms with Crippen molar-refractivity contribution in [2.45, 2.75) is 12.3 Å². The molecule has 166 valence electrons. The molecule has 2 heterocycles. The highest BCUT2D eigenvalue weighted by Crippen LogP contribution is 2.35. The molecule has 2 aromatic carbocycles. The van der Waals surface area contributed by atoms with Crippen molar-refractivity contribution in [3.8, 4) is 17.2 Å². The minimum absolute atomic E-state index is 0.0175. The van der Waals surface area contributed by atoms with Crippen molar-refractivity contribution in [2.75, 3.05) is 38.1 Å². The van der Waals surface area contributed by atoms with E-state index in [2.05, 4.69) is 15.5 Å². The Bertz CT molecular complexity index is 1130. The molecule has 0 bridgehead atoms. The highest BCUT2D eigenvalue weighted by atomic mass is 32.1. The Morgan fingerprint density at radius 1 is 1.03 bits per heavy atom. The van der Waals surface area contributed by atoms with Crippen molar-refractivity contribution in [1.82, 2.24) is 10.2 Å². The molecule has 1 fully saturated rings. The first-order chi connectivity index (χ1) is 15.5. The summed E-state index contributed by atoms with van der Waals surface area (Å²) in [5.74, 6) is 1.27. The van der Waals surface area contributed by atoms with E-state index in [1.807, 2.05) is 24.3 Å². The maximum atomic E-state index is 12.7. The van der Waals surface area contributed by atoms with Gasteiger partial charge in [0.2, 0.25) is 11.0 Å². The zero-order valence-corrected chi connectivity index (χ0v) is 18.6. The molecule has 4 rings (SSSR count). The number of ether oxygens (including phenoxy) is 3. The Kier molecular flexibility index (Phi) is 6.22. The summed E-state index contributed by atoms with van der Waals surface area (Å²) in [7, 11) is 4.63. The first-order valence-electron chi connectivity index (χ1n) is 9.83. The van der Waals surface area contributed by atoms with Crippen LogP contribution in [0.15, 0.2) is 42.5 Å². The quantitative estimate of drug-likeness (QED) is 0.584. The van der Waals surface area contributed by atoms with Crippen molar-refractivity contribution < 1.29 is 23.8 Å². The largest absolute Gasteiger partial charge is 0.497 e. The molecular formula is C22H22N4O5S. The number of benzene rings is 2. The Balaban J connectivity index is 1.45. The van der Waals surface area contributed by atoms with Gasteiger partial charge in [-0.15, -0.1) is 10.2 Å². The molecule has 1 unspecified atom stereocenters. The number of carbonyl (C=O) groups is 2. The molecule has 1 aliphatic rings. The third-order valence-electron chi connectivity index (χ3n) is 5.17. The molecule has 1 saturated heterocycles. The van der Waals surface area contributed by atoms with E-state index in [9.17, 15) is 9.59 Å². The van der Waals surface area contributed by atoms with Crippen LogP contribution in [0.4, 0.5) is 10.8 Å². The molecule has 1 aliphatic heterocycles. The monoisotopic (exact) mass is 454 g/mol. The standard InChI is InChI=1S/C22H22N4O5S/c1-29-15-6-4-14(5-7-15)26-12-13(10-19(26)27)21-24-25-22(32-21)23-20(28)17-9-8-16(30-2)11-18(17)31-3/h4-9,11,13H,10,12H2,1-3H3,(H,23,25,28). The van der Waals surface area contributed by atoms with Crippen LogP contribution in [0.1, 0.15) is 27.7 Å². The fourth-order valence-corrected chi connectivity index (χ4v) is 4.31. The number of hydrogen-bond acceptors (Lipinski definition) is 8. The second-order valence-corrected chi connectivity index (χ2v) is 8.08. The van der Waals surface area contributed by atoms with Crippen molar-refractivity contribution >= 4 is 34.0 Å². The Morgan fingerprint density at radius 3 is 2.44 bits per heavy atom. The SMILES string of the molecule is COc1ccc(N2CC(c3nnc(NC(=O)c4ccc(OC)cc4OC)s3)CC2=O)cc1. The molecule has 0 aliphatic carbocycles. The molecule has 3 aromatic rings. The lowest BCUT2D eigenvalue weighted by molar-refractivity contribution is -0.117. The second-order valence-electron chi connectivity index (χ2n) is 7.07. The number of methoxy groups -OCH3 is 3. The Morgan fingerprint density at radius 2 is 1.75 bits per heavy atom. The zero-order valence-electron chi connectivity index (χ0n) is 17.8. The highest BCUT2D eigenvalue weighted by Gasteiger charge is 2.34. The van der Waals surface area contributed by atoms with E-state index in [0.717, 1.165) is 11.4 Å². The van der Waals surface area contributed by atoms with Crippen molar-refractivity contribution in [1.29, 1.82) is 0 Å². The van der Waals surface area contributed by atoms with Gasteiger partial charge in [0.1, 0.15) is 22.3 Å². The van der Waals surface area contributed by atoms with Crippen LogP contribution in [-0.4, -0.2) is 49.9 Å². The van der Waals surface area contributed by atoms with Crippen LogP contribution in [0.3, 0.4) is 0 Å². The predicted molar refractivity (Wildman–Crippen MR) is 120 cm³/mol. The van der Waals surface area contributed by atoms with Gasteiger partial charge in [-0.05, 0) is 36.4 Å². The zero-order chi connectivity index (χ0) is 22.7. The van der Waals surface area contributed by atoms with E-state index in [-0.39, 0.29) is 17.7 Å². The highest BCUT2D eigenvalue weighted by molar-refractivity contribution is 7.15. The van der Waals surface area contributed by atoms with Gasteiger partial charge >= 0.3 is 0 Å². The van der Waals surface area contributed by atoms with Crippen LogP contribution in [0, 0.1) is 0 Å². The summed E-state index contributed by atoms with van der Waals surface area (Å²) in [6, 6.07) is 12.3. The minimum atomic E-state index is -0.366. The van der Waals surface area contributed by atoms with E-state index >= 15 is 0 Å². The molecular weight excluding hydrogens is 432 g/mol. The van der Waals surface area contributed by atoms with E-state index in [1.165, 1.54) is 18.4 Å². The molecule has 1 atom stereocenters. The van der Waals surface area contributed by atoms with Gasteiger partial charge in [0.05, 0.1) is 26.9 Å². The van der Waals surface area contributed by atoms with E-state index in [0.29, 0.717) is 40.2 Å². The summed E-state index contributed by atoms with van der Waals surface area (Å²) in [4.78, 5) is 27.0. The van der Waals surface area contributed by atoms with E-state index in [1.54, 1.807) is 37.3 Å². The molecule has 1 N–H and O–H groups in total. The predicted octanol–water partition coefficient (Wildman–Crippen LogP) is 3.34. The van der Waals surface area contributed by atoms with Gasteiger partial charge < -0.3 is 19.1 Å². The maximum absolute atomic E-state index is 12.7. The smallest absolute Gasteiger partial charge is 0.261 e. The van der Waals surface area contributed by atoms with Crippen molar-refractivity contribution in [2.24, 2.45) is 0 Å². The van der Waals surface area contributed by atoms with Gasteiger partial charge in [-0.2, -0.15) is 0 Å². The van der Waals surface area contributed by atoms with Gasteiger partial charge in [-0.3, -0.25) is 14.9 Å². The minimum Gasteiger partial charge on any atom is -0.497 e. The van der Waals surface area contributed by atoms with Gasteiger partial charge in [0.15, 0.2) is 0 Å². The van der Waals surface area contributed by atoms with E-state index in [4.69, 9.17) is 14.2 Å². The van der Waals surface area contributed by atoms with Crippen molar-refractivity contribution in [3.05, 3.63) is 53.0 Å². The number of nitrogens with zero attached hydrogens (tertiary/aromatic N) is 3. The number of hydrogen-bond donors (Lipinski definition) is 1. The topological polar surface area (TPSA) is 103 Å². The average molecular weight is 455 g/mol. The number of nitrogens with one attached hydrogen (secondary N) is 1. The van der Waals surface area contributed by atoms with Gasteiger partial charge in [0, 0.05) is 30.6 Å². The van der Waals surface area contributed by atoms with Gasteiger partial charge in [-0.1, -0.05) is 11.3 Å². The van der Waals surface area contributed by atoms with Crippen LogP contribution in [-0.2, 0) is 4.79 Å². The summed E-state index contributed by atoms with van der Waals surface area (Å²) in [5.41, 5.74) is 1.16. The molecule has 10 heteroatoms. The van der Waals surface area contributed by atoms with Crippen LogP contribution >= 0.6 is 11.3 Å². The number of anilines is 2. The van der Waals surface area contributed by atoms with Gasteiger partial charge in [-0.25, -0.2) is 0 Å². The number of aromatic nitrogens is 2. The number of amides is 2. The Hall–Kier alpha value is -3.66. The summed E-state index contributed by atoms with van der Waals surface area (Å²) >= 11 is 1.26. The average Bonchev–Trinajstić information content (AvgIpc) is 3.45. The molecule has 0 saturated carbocycles. The van der Waals surface area contributed by atoms with E-state index < -0.39 is 0 Å². The lowest BCUT2D eigenvalue weighted by atomic mass is 10.1. The van der Waals surface area contributed by atoms with Crippen molar-refractivity contribution in [3.63, 3.8) is 0 Å². The van der Waals surface area contributed by atoms with Crippen LogP contribution in [0.2, 0.25) is 0 Å². The number of carbonyl (C=O) groups excluding carboxylic acids is 2. The maximum Gasteiger partial charge on any atom is 0.261 e. The summed E-state index contributed by atoms with van der Waals surface area (Å²) in [6.45, 7) is 0.500.